The second-order valence-electron chi connectivity index (χ2n) is 6.72. The fourth-order valence-corrected chi connectivity index (χ4v) is 3.07. The van der Waals surface area contributed by atoms with Crippen molar-refractivity contribution in [3.8, 4) is 0 Å². The first kappa shape index (κ1) is 10.6. The van der Waals surface area contributed by atoms with Gasteiger partial charge >= 0.3 is 0 Å². The van der Waals surface area contributed by atoms with Crippen molar-refractivity contribution in [3.05, 3.63) is 0 Å². The topological polar surface area (TPSA) is 23.6 Å². The minimum Gasteiger partial charge on any atom is -0.341 e. The van der Waals surface area contributed by atoms with Crippen LogP contribution in [0.25, 0.3) is 0 Å². The summed E-state index contributed by atoms with van der Waals surface area (Å²) in [6.07, 6.45) is 2.21. The molecule has 1 saturated carbocycles. The van der Waals surface area contributed by atoms with E-state index in [9.17, 15) is 4.79 Å². The summed E-state index contributed by atoms with van der Waals surface area (Å²) in [6, 6.07) is 0.663. The molecule has 1 spiro atoms. The van der Waals surface area contributed by atoms with E-state index in [-0.39, 0.29) is 5.41 Å². The van der Waals surface area contributed by atoms with Crippen molar-refractivity contribution < 1.29 is 4.79 Å². The Kier molecular flexibility index (Phi) is 1.99. The number of hydrogen-bond donors (Lipinski definition) is 0. The quantitative estimate of drug-likeness (QED) is 0.704. The highest BCUT2D eigenvalue weighted by molar-refractivity contribution is 5.85. The van der Waals surface area contributed by atoms with E-state index in [4.69, 9.17) is 0 Å². The van der Waals surface area contributed by atoms with Crippen LogP contribution < -0.4 is 0 Å². The van der Waals surface area contributed by atoms with Crippen LogP contribution in [-0.2, 0) is 4.79 Å². The lowest BCUT2D eigenvalue weighted by Crippen LogP contribution is -2.74. The molecule has 0 N–H and O–H groups in total. The van der Waals surface area contributed by atoms with Gasteiger partial charge in [0.05, 0.1) is 0 Å². The molecule has 0 aromatic heterocycles. The summed E-state index contributed by atoms with van der Waals surface area (Å²) in [5.41, 5.74) is 0.508. The van der Waals surface area contributed by atoms with Gasteiger partial charge in [-0.15, -0.1) is 0 Å². The number of likely N-dealkylation sites (tertiary alicyclic amines) is 2. The zero-order valence-corrected chi connectivity index (χ0v) is 10.6. The number of nitrogens with zero attached hydrogens (tertiary/aromatic N) is 2. The summed E-state index contributed by atoms with van der Waals surface area (Å²) in [6.45, 7) is 11.0. The summed E-state index contributed by atoms with van der Waals surface area (Å²) in [4.78, 5) is 16.7. The van der Waals surface area contributed by atoms with Crippen molar-refractivity contribution in [3.63, 3.8) is 0 Å². The maximum atomic E-state index is 12.1. The van der Waals surface area contributed by atoms with Gasteiger partial charge in [0.1, 0.15) is 0 Å². The third-order valence-corrected chi connectivity index (χ3v) is 4.66. The molecule has 0 bridgehead atoms. The smallest absolute Gasteiger partial charge is 0.228 e. The summed E-state index contributed by atoms with van der Waals surface area (Å²) >= 11 is 0. The van der Waals surface area contributed by atoms with Crippen molar-refractivity contribution in [1.29, 1.82) is 0 Å². The van der Waals surface area contributed by atoms with Crippen molar-refractivity contribution in [2.45, 2.75) is 39.7 Å². The Labute approximate surface area is 97.8 Å². The van der Waals surface area contributed by atoms with E-state index < -0.39 is 0 Å². The normalized spacial score (nSPS) is 30.1. The average Bonchev–Trinajstić information content (AvgIpc) is 2.79. The zero-order chi connectivity index (χ0) is 11.6. The number of carbonyl (C=O) groups is 1. The zero-order valence-electron chi connectivity index (χ0n) is 10.6. The number of rotatable bonds is 2. The van der Waals surface area contributed by atoms with Crippen molar-refractivity contribution in [1.82, 2.24) is 9.80 Å². The van der Waals surface area contributed by atoms with Crippen LogP contribution in [0.3, 0.4) is 0 Å². The highest BCUT2D eigenvalue weighted by atomic mass is 16.2. The Morgan fingerprint density at radius 1 is 1.12 bits per heavy atom. The second kappa shape index (κ2) is 3.00. The molecule has 3 fully saturated rings. The van der Waals surface area contributed by atoms with Gasteiger partial charge in [0.15, 0.2) is 0 Å². The molecule has 3 nitrogen and oxygen atoms in total. The molecule has 1 aliphatic carbocycles. The van der Waals surface area contributed by atoms with Crippen LogP contribution in [0, 0.1) is 10.8 Å². The third kappa shape index (κ3) is 1.41. The lowest BCUT2D eigenvalue weighted by atomic mass is 9.72. The Morgan fingerprint density at radius 2 is 1.69 bits per heavy atom. The highest BCUT2D eigenvalue weighted by Crippen LogP contribution is 2.50. The summed E-state index contributed by atoms with van der Waals surface area (Å²) < 4.78 is 0. The van der Waals surface area contributed by atoms with Crippen LogP contribution in [0.5, 0.6) is 0 Å². The van der Waals surface area contributed by atoms with Crippen LogP contribution in [0.4, 0.5) is 0 Å². The Morgan fingerprint density at radius 3 is 2.12 bits per heavy atom. The highest BCUT2D eigenvalue weighted by Gasteiger charge is 2.57. The van der Waals surface area contributed by atoms with Gasteiger partial charge in [-0.25, -0.2) is 0 Å². The molecule has 0 unspecified atom stereocenters. The van der Waals surface area contributed by atoms with Crippen LogP contribution in [0.15, 0.2) is 0 Å². The molecule has 2 aliphatic heterocycles. The summed E-state index contributed by atoms with van der Waals surface area (Å²) in [5.74, 6) is 0.418. The Bertz CT molecular complexity index is 319. The second-order valence-corrected chi connectivity index (χ2v) is 6.72. The Hall–Kier alpha value is -0.570. The van der Waals surface area contributed by atoms with Crippen LogP contribution in [-0.4, -0.2) is 47.9 Å². The Balaban J connectivity index is 1.51. The van der Waals surface area contributed by atoms with E-state index in [1.54, 1.807) is 0 Å². The molecular weight excluding hydrogens is 200 g/mol. The maximum absolute atomic E-state index is 12.1. The lowest BCUT2D eigenvalue weighted by Gasteiger charge is -2.61. The molecule has 3 aliphatic rings. The van der Waals surface area contributed by atoms with Gasteiger partial charge < -0.3 is 4.90 Å². The first-order chi connectivity index (χ1) is 7.44. The predicted molar refractivity (Wildman–Crippen MR) is 63.1 cm³/mol. The summed E-state index contributed by atoms with van der Waals surface area (Å²) in [5, 5.41) is 0. The van der Waals surface area contributed by atoms with Crippen LogP contribution in [0.2, 0.25) is 0 Å². The van der Waals surface area contributed by atoms with Crippen molar-refractivity contribution in [2.75, 3.05) is 26.2 Å². The SMILES string of the molecule is CC(C)N1CC2(CN(C(=O)C3(C)CC3)C2)C1. The fraction of sp³-hybridized carbons (Fsp3) is 0.923. The van der Waals surface area contributed by atoms with Gasteiger partial charge in [0.25, 0.3) is 0 Å². The molecule has 3 rings (SSSR count). The molecule has 3 heteroatoms. The monoisotopic (exact) mass is 222 g/mol. The molecule has 0 aromatic rings. The first-order valence-corrected chi connectivity index (χ1v) is 6.48. The number of amides is 1. The minimum absolute atomic E-state index is 0.0308. The molecule has 2 heterocycles. The molecule has 0 aromatic carbocycles. The van der Waals surface area contributed by atoms with E-state index in [1.807, 2.05) is 0 Å². The molecular formula is C13H22N2O. The van der Waals surface area contributed by atoms with Gasteiger partial charge in [0, 0.05) is 43.1 Å². The van der Waals surface area contributed by atoms with Crippen LogP contribution in [0.1, 0.15) is 33.6 Å². The van der Waals surface area contributed by atoms with Crippen molar-refractivity contribution >= 4 is 5.91 Å². The van der Waals surface area contributed by atoms with Gasteiger partial charge in [0.2, 0.25) is 5.91 Å². The minimum atomic E-state index is 0.0308. The van der Waals surface area contributed by atoms with Gasteiger partial charge in [-0.3, -0.25) is 9.69 Å². The average molecular weight is 222 g/mol. The largest absolute Gasteiger partial charge is 0.341 e. The molecule has 1 amide bonds. The van der Waals surface area contributed by atoms with Gasteiger partial charge in [-0.1, -0.05) is 6.92 Å². The van der Waals surface area contributed by atoms with Crippen molar-refractivity contribution in [2.24, 2.45) is 10.8 Å². The van der Waals surface area contributed by atoms with E-state index in [0.717, 1.165) is 25.9 Å². The van der Waals surface area contributed by atoms with Crippen LogP contribution >= 0.6 is 0 Å². The fourth-order valence-electron chi connectivity index (χ4n) is 3.07. The molecule has 0 radical (unpaired) electrons. The third-order valence-electron chi connectivity index (χ3n) is 4.66. The van der Waals surface area contributed by atoms with E-state index >= 15 is 0 Å². The molecule has 0 atom stereocenters. The lowest BCUT2D eigenvalue weighted by molar-refractivity contribution is -0.166. The maximum Gasteiger partial charge on any atom is 0.228 e. The standard InChI is InChI=1S/C13H22N2O/c1-10(2)14-6-13(7-14)8-15(9-13)11(16)12(3)4-5-12/h10H,4-9H2,1-3H3. The van der Waals surface area contributed by atoms with Gasteiger partial charge in [-0.05, 0) is 26.7 Å². The number of carbonyl (C=O) groups excluding carboxylic acids is 1. The number of hydrogen-bond acceptors (Lipinski definition) is 2. The van der Waals surface area contributed by atoms with Gasteiger partial charge in [-0.2, -0.15) is 0 Å². The molecule has 90 valence electrons. The first-order valence-electron chi connectivity index (χ1n) is 6.48. The summed E-state index contributed by atoms with van der Waals surface area (Å²) in [7, 11) is 0. The van der Waals surface area contributed by atoms with E-state index in [0.29, 0.717) is 17.4 Å². The van der Waals surface area contributed by atoms with E-state index in [1.165, 1.54) is 13.1 Å². The van der Waals surface area contributed by atoms with E-state index in [2.05, 4.69) is 30.6 Å². The molecule has 16 heavy (non-hydrogen) atoms. The predicted octanol–water partition coefficient (Wildman–Crippen LogP) is 1.34. The molecule has 2 saturated heterocycles.